The van der Waals surface area contributed by atoms with Gasteiger partial charge in [-0.2, -0.15) is 0 Å². The Labute approximate surface area is 175 Å². The summed E-state index contributed by atoms with van der Waals surface area (Å²) in [6.45, 7) is 4.94. The zero-order chi connectivity index (χ0) is 19.3. The zero-order valence-electron chi connectivity index (χ0n) is 16.8. The minimum Gasteiger partial charge on any atom is -0.489 e. The Morgan fingerprint density at radius 3 is 2.29 bits per heavy atom. The van der Waals surface area contributed by atoms with Gasteiger partial charge in [0.15, 0.2) is 0 Å². The van der Waals surface area contributed by atoms with Gasteiger partial charge in [0.25, 0.3) is 0 Å². The highest BCUT2D eigenvalue weighted by Crippen LogP contribution is 2.13. The summed E-state index contributed by atoms with van der Waals surface area (Å²) in [5, 5.41) is 19.2. The molecule has 5 heteroatoms. The number of benzene rings is 2. The number of hydrogen-bond donors (Lipinski definition) is 2. The molecule has 2 aromatic rings. The van der Waals surface area contributed by atoms with E-state index in [2.05, 4.69) is 36.1 Å². The maximum atomic E-state index is 9.99. The van der Waals surface area contributed by atoms with Gasteiger partial charge < -0.3 is 14.9 Å². The van der Waals surface area contributed by atoms with E-state index in [1.165, 1.54) is 5.56 Å². The monoisotopic (exact) mass is 407 g/mol. The molecule has 0 saturated heterocycles. The molecule has 0 aliphatic rings. The fourth-order valence-corrected chi connectivity index (χ4v) is 3.15. The average molecular weight is 408 g/mol. The summed E-state index contributed by atoms with van der Waals surface area (Å²) >= 11 is 0. The summed E-state index contributed by atoms with van der Waals surface area (Å²) < 4.78 is 5.77. The second-order valence-electron chi connectivity index (χ2n) is 6.99. The molecular formula is C23H34ClNO3. The van der Waals surface area contributed by atoms with Gasteiger partial charge in [0, 0.05) is 13.1 Å². The molecule has 2 rings (SSSR count). The van der Waals surface area contributed by atoms with Crippen LogP contribution in [0.15, 0.2) is 54.6 Å². The van der Waals surface area contributed by atoms with Crippen LogP contribution in [-0.4, -0.2) is 47.5 Å². The van der Waals surface area contributed by atoms with Gasteiger partial charge in [-0.15, -0.1) is 12.4 Å². The number of aliphatic hydroxyl groups is 2. The molecule has 2 aromatic carbocycles. The van der Waals surface area contributed by atoms with Gasteiger partial charge in [-0.25, -0.2) is 0 Å². The Bertz CT molecular complexity index is 622. The van der Waals surface area contributed by atoms with E-state index in [1.54, 1.807) is 0 Å². The van der Waals surface area contributed by atoms with Gasteiger partial charge >= 0.3 is 0 Å². The third kappa shape index (κ3) is 9.56. The number of para-hydroxylation sites is 1. The molecule has 0 fully saturated rings. The lowest BCUT2D eigenvalue weighted by molar-refractivity contribution is 0.0925. The number of aliphatic hydroxyl groups excluding tert-OH is 2. The molecule has 0 amide bonds. The van der Waals surface area contributed by atoms with Gasteiger partial charge in [0.1, 0.15) is 12.4 Å². The van der Waals surface area contributed by atoms with Crippen molar-refractivity contribution in [3.8, 4) is 5.75 Å². The first-order chi connectivity index (χ1) is 13.2. The molecule has 0 aliphatic heterocycles. The van der Waals surface area contributed by atoms with E-state index in [1.807, 2.05) is 30.3 Å². The van der Waals surface area contributed by atoms with E-state index >= 15 is 0 Å². The summed E-state index contributed by atoms with van der Waals surface area (Å²) in [4.78, 5) is 2.16. The van der Waals surface area contributed by atoms with E-state index in [9.17, 15) is 10.2 Å². The van der Waals surface area contributed by atoms with Crippen LogP contribution in [0.1, 0.15) is 37.3 Å². The van der Waals surface area contributed by atoms with E-state index in [4.69, 9.17) is 4.74 Å². The number of hydrogen-bond acceptors (Lipinski definition) is 4. The highest BCUT2D eigenvalue weighted by Gasteiger charge is 2.10. The summed E-state index contributed by atoms with van der Waals surface area (Å²) in [6.07, 6.45) is 3.50. The number of ether oxygens (including phenoxy) is 1. The molecule has 4 nitrogen and oxygen atoms in total. The van der Waals surface area contributed by atoms with Gasteiger partial charge in [-0.3, -0.25) is 4.90 Å². The first kappa shape index (κ1) is 24.4. The SMILES string of the molecule is CCCC(O)CN(CCO)CCCc1ccc(COc2ccccc2)cc1.Cl. The highest BCUT2D eigenvalue weighted by atomic mass is 35.5. The first-order valence-electron chi connectivity index (χ1n) is 9.98. The van der Waals surface area contributed by atoms with Gasteiger partial charge in [-0.1, -0.05) is 55.8 Å². The van der Waals surface area contributed by atoms with Crippen LogP contribution < -0.4 is 4.74 Å². The van der Waals surface area contributed by atoms with Crippen molar-refractivity contribution >= 4 is 12.4 Å². The minimum atomic E-state index is -0.301. The Balaban J connectivity index is 0.00000392. The van der Waals surface area contributed by atoms with E-state index in [0.717, 1.165) is 43.5 Å². The fraction of sp³-hybridized carbons (Fsp3) is 0.478. The van der Waals surface area contributed by atoms with Crippen molar-refractivity contribution in [1.29, 1.82) is 0 Å². The lowest BCUT2D eigenvalue weighted by Crippen LogP contribution is -2.35. The van der Waals surface area contributed by atoms with Crippen molar-refractivity contribution in [2.24, 2.45) is 0 Å². The molecule has 0 bridgehead atoms. The lowest BCUT2D eigenvalue weighted by atomic mass is 10.1. The molecule has 0 aromatic heterocycles. The van der Waals surface area contributed by atoms with Crippen LogP contribution in [0.2, 0.25) is 0 Å². The molecule has 1 atom stereocenters. The predicted molar refractivity (Wildman–Crippen MR) is 117 cm³/mol. The Kier molecular flexibility index (Phi) is 12.6. The molecule has 0 spiro atoms. The lowest BCUT2D eigenvalue weighted by Gasteiger charge is -2.24. The standard InChI is InChI=1S/C23H33NO3.ClH/c1-2-7-22(26)18-24(16-17-25)15-6-8-20-11-13-21(14-12-20)19-27-23-9-4-3-5-10-23;/h3-5,9-14,22,25-26H,2,6-8,15-19H2,1H3;1H. The van der Waals surface area contributed by atoms with E-state index < -0.39 is 0 Å². The third-order valence-corrected chi connectivity index (χ3v) is 4.62. The van der Waals surface area contributed by atoms with Crippen LogP contribution in [0.3, 0.4) is 0 Å². The molecule has 0 heterocycles. The molecule has 28 heavy (non-hydrogen) atoms. The minimum absolute atomic E-state index is 0. The normalized spacial score (nSPS) is 11.9. The Hall–Kier alpha value is -1.59. The second-order valence-corrected chi connectivity index (χ2v) is 6.99. The summed E-state index contributed by atoms with van der Waals surface area (Å²) in [5.74, 6) is 0.885. The van der Waals surface area contributed by atoms with Crippen LogP contribution >= 0.6 is 12.4 Å². The number of aryl methyl sites for hydroxylation is 1. The van der Waals surface area contributed by atoms with E-state index in [-0.39, 0.29) is 25.1 Å². The average Bonchev–Trinajstić information content (AvgIpc) is 2.68. The maximum absolute atomic E-state index is 9.99. The molecular weight excluding hydrogens is 374 g/mol. The first-order valence-corrected chi connectivity index (χ1v) is 9.98. The van der Waals surface area contributed by atoms with Crippen molar-refractivity contribution in [2.75, 3.05) is 26.2 Å². The van der Waals surface area contributed by atoms with Crippen molar-refractivity contribution in [1.82, 2.24) is 4.90 Å². The molecule has 0 radical (unpaired) electrons. The van der Waals surface area contributed by atoms with Gasteiger partial charge in [-0.05, 0) is 49.1 Å². The van der Waals surface area contributed by atoms with E-state index in [0.29, 0.717) is 19.7 Å². The highest BCUT2D eigenvalue weighted by molar-refractivity contribution is 5.85. The molecule has 156 valence electrons. The van der Waals surface area contributed by atoms with Crippen molar-refractivity contribution in [3.63, 3.8) is 0 Å². The molecule has 0 aliphatic carbocycles. The quantitative estimate of drug-likeness (QED) is 0.525. The number of halogens is 1. The number of nitrogens with zero attached hydrogens (tertiary/aromatic N) is 1. The van der Waals surface area contributed by atoms with Crippen LogP contribution in [0, 0.1) is 0 Å². The number of rotatable bonds is 13. The van der Waals surface area contributed by atoms with Crippen molar-refractivity contribution in [2.45, 2.75) is 45.3 Å². The summed E-state index contributed by atoms with van der Waals surface area (Å²) in [5.41, 5.74) is 2.46. The van der Waals surface area contributed by atoms with Gasteiger partial charge in [0.2, 0.25) is 0 Å². The summed E-state index contributed by atoms with van der Waals surface area (Å²) in [7, 11) is 0. The Morgan fingerprint density at radius 2 is 1.64 bits per heavy atom. The summed E-state index contributed by atoms with van der Waals surface area (Å²) in [6, 6.07) is 18.4. The molecule has 0 saturated carbocycles. The van der Waals surface area contributed by atoms with Crippen LogP contribution in [-0.2, 0) is 13.0 Å². The second kappa shape index (κ2) is 14.4. The van der Waals surface area contributed by atoms with Crippen LogP contribution in [0.25, 0.3) is 0 Å². The largest absolute Gasteiger partial charge is 0.489 e. The van der Waals surface area contributed by atoms with Gasteiger partial charge in [0.05, 0.1) is 12.7 Å². The van der Waals surface area contributed by atoms with Crippen LogP contribution in [0.4, 0.5) is 0 Å². The predicted octanol–water partition coefficient (Wildman–Crippen LogP) is 4.08. The smallest absolute Gasteiger partial charge is 0.119 e. The molecule has 1 unspecified atom stereocenters. The third-order valence-electron chi connectivity index (χ3n) is 4.62. The molecule has 2 N–H and O–H groups in total. The van der Waals surface area contributed by atoms with Crippen molar-refractivity contribution in [3.05, 3.63) is 65.7 Å². The van der Waals surface area contributed by atoms with Crippen LogP contribution in [0.5, 0.6) is 5.75 Å². The maximum Gasteiger partial charge on any atom is 0.119 e. The zero-order valence-corrected chi connectivity index (χ0v) is 17.6. The topological polar surface area (TPSA) is 52.9 Å². The fourth-order valence-electron chi connectivity index (χ4n) is 3.15. The van der Waals surface area contributed by atoms with Crippen molar-refractivity contribution < 1.29 is 14.9 Å². The Morgan fingerprint density at radius 1 is 0.964 bits per heavy atom.